The summed E-state index contributed by atoms with van der Waals surface area (Å²) in [4.78, 5) is 20.6. The molecule has 0 saturated heterocycles. The van der Waals surface area contributed by atoms with E-state index in [-0.39, 0.29) is 11.5 Å². The third-order valence-electron chi connectivity index (χ3n) is 2.54. The van der Waals surface area contributed by atoms with E-state index in [1.165, 1.54) is 12.1 Å². The summed E-state index contributed by atoms with van der Waals surface area (Å²) in [6, 6.07) is 7.80. The first kappa shape index (κ1) is 9.77. The summed E-state index contributed by atoms with van der Waals surface area (Å²) in [6.45, 7) is 0. The quantitative estimate of drug-likeness (QED) is 0.670. The van der Waals surface area contributed by atoms with Crippen LogP contribution in [0.25, 0.3) is 22.3 Å². The van der Waals surface area contributed by atoms with Gasteiger partial charge in [0, 0.05) is 5.56 Å². The Kier molecular flexibility index (Phi) is 2.04. The van der Waals surface area contributed by atoms with Gasteiger partial charge in [0.1, 0.15) is 5.82 Å². The van der Waals surface area contributed by atoms with E-state index in [0.29, 0.717) is 16.7 Å². The number of imidazole rings is 1. The number of pyridine rings is 1. The SMILES string of the molecule is O=c1[nH]c2cnc(-c3ccc(F)cc3)cc2[nH]1. The van der Waals surface area contributed by atoms with Gasteiger partial charge in [-0.05, 0) is 30.3 Å². The summed E-state index contributed by atoms with van der Waals surface area (Å²) in [7, 11) is 0. The lowest BCUT2D eigenvalue weighted by Crippen LogP contribution is -1.99. The second-order valence-corrected chi connectivity index (χ2v) is 3.70. The Morgan fingerprint density at radius 2 is 1.76 bits per heavy atom. The van der Waals surface area contributed by atoms with E-state index in [9.17, 15) is 9.18 Å². The van der Waals surface area contributed by atoms with E-state index in [1.54, 1.807) is 24.4 Å². The Morgan fingerprint density at radius 1 is 1.06 bits per heavy atom. The van der Waals surface area contributed by atoms with Crippen LogP contribution < -0.4 is 5.69 Å². The average Bonchev–Trinajstić information content (AvgIpc) is 2.69. The zero-order chi connectivity index (χ0) is 11.8. The lowest BCUT2D eigenvalue weighted by molar-refractivity contribution is 0.628. The molecule has 0 radical (unpaired) electrons. The van der Waals surface area contributed by atoms with E-state index in [4.69, 9.17) is 0 Å². The first-order valence-electron chi connectivity index (χ1n) is 5.06. The highest BCUT2D eigenvalue weighted by Crippen LogP contribution is 2.19. The summed E-state index contributed by atoms with van der Waals surface area (Å²) >= 11 is 0. The third kappa shape index (κ3) is 1.71. The van der Waals surface area contributed by atoms with Crippen molar-refractivity contribution in [3.05, 3.63) is 52.8 Å². The second-order valence-electron chi connectivity index (χ2n) is 3.70. The van der Waals surface area contributed by atoms with Crippen molar-refractivity contribution >= 4 is 11.0 Å². The molecule has 5 heteroatoms. The number of hydrogen-bond acceptors (Lipinski definition) is 2. The van der Waals surface area contributed by atoms with Crippen molar-refractivity contribution in [3.8, 4) is 11.3 Å². The van der Waals surface area contributed by atoms with Gasteiger partial charge in [0.15, 0.2) is 0 Å². The lowest BCUT2D eigenvalue weighted by atomic mass is 10.1. The number of nitrogens with one attached hydrogen (secondary N) is 2. The first-order valence-corrected chi connectivity index (χ1v) is 5.06. The molecule has 0 bridgehead atoms. The van der Waals surface area contributed by atoms with Gasteiger partial charge in [-0.15, -0.1) is 0 Å². The number of hydrogen-bond donors (Lipinski definition) is 2. The van der Waals surface area contributed by atoms with Crippen molar-refractivity contribution in [1.29, 1.82) is 0 Å². The molecule has 0 unspecified atom stereocenters. The molecule has 3 rings (SSSR count). The lowest BCUT2D eigenvalue weighted by Gasteiger charge is -2.00. The van der Waals surface area contributed by atoms with E-state index in [1.807, 2.05) is 0 Å². The van der Waals surface area contributed by atoms with E-state index in [0.717, 1.165) is 5.56 Å². The summed E-state index contributed by atoms with van der Waals surface area (Å²) in [6.07, 6.45) is 1.58. The monoisotopic (exact) mass is 229 g/mol. The van der Waals surface area contributed by atoms with Crippen LogP contribution in [-0.2, 0) is 0 Å². The van der Waals surface area contributed by atoms with Gasteiger partial charge in [0.25, 0.3) is 0 Å². The zero-order valence-electron chi connectivity index (χ0n) is 8.70. The van der Waals surface area contributed by atoms with Crippen molar-refractivity contribution in [2.75, 3.05) is 0 Å². The van der Waals surface area contributed by atoms with Gasteiger partial charge in [-0.2, -0.15) is 0 Å². The molecule has 17 heavy (non-hydrogen) atoms. The van der Waals surface area contributed by atoms with Gasteiger partial charge in [0.2, 0.25) is 0 Å². The molecule has 2 N–H and O–H groups in total. The molecular weight excluding hydrogens is 221 g/mol. The topological polar surface area (TPSA) is 61.5 Å². The molecule has 0 atom stereocenters. The molecule has 0 amide bonds. The number of halogens is 1. The maximum atomic E-state index is 12.8. The zero-order valence-corrected chi connectivity index (χ0v) is 8.70. The predicted octanol–water partition coefficient (Wildman–Crippen LogP) is 2.06. The van der Waals surface area contributed by atoms with E-state index in [2.05, 4.69) is 15.0 Å². The minimum Gasteiger partial charge on any atom is -0.306 e. The normalized spacial score (nSPS) is 10.9. The number of aromatic nitrogens is 3. The molecule has 2 aromatic heterocycles. The molecule has 1 aromatic carbocycles. The van der Waals surface area contributed by atoms with Crippen molar-refractivity contribution in [2.24, 2.45) is 0 Å². The van der Waals surface area contributed by atoms with E-state index >= 15 is 0 Å². The highest BCUT2D eigenvalue weighted by atomic mass is 19.1. The number of rotatable bonds is 1. The molecule has 3 aromatic rings. The van der Waals surface area contributed by atoms with Crippen LogP contribution in [0.15, 0.2) is 41.3 Å². The summed E-state index contributed by atoms with van der Waals surface area (Å²) in [5.41, 5.74) is 2.56. The van der Waals surface area contributed by atoms with Crippen molar-refractivity contribution < 1.29 is 4.39 Å². The molecule has 0 aliphatic heterocycles. The Morgan fingerprint density at radius 3 is 2.53 bits per heavy atom. The van der Waals surface area contributed by atoms with Crippen molar-refractivity contribution in [3.63, 3.8) is 0 Å². The van der Waals surface area contributed by atoms with Crippen LogP contribution in [0.1, 0.15) is 0 Å². The first-order chi connectivity index (χ1) is 8.22. The second kappa shape index (κ2) is 3.55. The van der Waals surface area contributed by atoms with Crippen LogP contribution in [0.5, 0.6) is 0 Å². The fourth-order valence-corrected chi connectivity index (χ4v) is 1.71. The number of aromatic amines is 2. The number of H-pyrrole nitrogens is 2. The number of fused-ring (bicyclic) bond motifs is 1. The molecule has 0 fully saturated rings. The predicted molar refractivity (Wildman–Crippen MR) is 62.1 cm³/mol. The maximum Gasteiger partial charge on any atom is 0.323 e. The fourth-order valence-electron chi connectivity index (χ4n) is 1.71. The molecule has 84 valence electrons. The van der Waals surface area contributed by atoms with Crippen LogP contribution in [0.3, 0.4) is 0 Å². The summed E-state index contributed by atoms with van der Waals surface area (Å²) in [5, 5.41) is 0. The highest BCUT2D eigenvalue weighted by Gasteiger charge is 2.03. The van der Waals surface area contributed by atoms with Crippen LogP contribution in [0, 0.1) is 5.82 Å². The molecule has 4 nitrogen and oxygen atoms in total. The Balaban J connectivity index is 2.17. The maximum absolute atomic E-state index is 12.8. The van der Waals surface area contributed by atoms with Crippen LogP contribution in [0.4, 0.5) is 4.39 Å². The minimum absolute atomic E-state index is 0.266. The van der Waals surface area contributed by atoms with Crippen LogP contribution in [-0.4, -0.2) is 15.0 Å². The van der Waals surface area contributed by atoms with Gasteiger partial charge in [-0.25, -0.2) is 9.18 Å². The molecular formula is C12H8FN3O. The van der Waals surface area contributed by atoms with Crippen molar-refractivity contribution in [1.82, 2.24) is 15.0 Å². The van der Waals surface area contributed by atoms with Crippen LogP contribution in [0.2, 0.25) is 0 Å². The molecule has 0 aliphatic carbocycles. The van der Waals surface area contributed by atoms with Gasteiger partial charge in [-0.3, -0.25) is 4.98 Å². The highest BCUT2D eigenvalue weighted by molar-refractivity contribution is 5.78. The van der Waals surface area contributed by atoms with E-state index < -0.39 is 0 Å². The molecule has 0 aliphatic rings. The number of nitrogens with zero attached hydrogens (tertiary/aromatic N) is 1. The Hall–Kier alpha value is -2.43. The Bertz CT molecular complexity index is 727. The standard InChI is InChI=1S/C12H8FN3O/c13-8-3-1-7(2-4-8)9-5-10-11(6-14-9)16-12(17)15-10/h1-6H,(H2,15,16,17). The van der Waals surface area contributed by atoms with Crippen LogP contribution >= 0.6 is 0 Å². The average molecular weight is 229 g/mol. The van der Waals surface area contributed by atoms with Gasteiger partial charge in [0.05, 0.1) is 22.9 Å². The van der Waals surface area contributed by atoms with Gasteiger partial charge in [-0.1, -0.05) is 0 Å². The number of benzene rings is 1. The smallest absolute Gasteiger partial charge is 0.306 e. The molecule has 0 spiro atoms. The van der Waals surface area contributed by atoms with Gasteiger partial charge >= 0.3 is 5.69 Å². The van der Waals surface area contributed by atoms with Gasteiger partial charge < -0.3 is 9.97 Å². The minimum atomic E-state index is -0.287. The molecule has 0 saturated carbocycles. The molecule has 2 heterocycles. The fraction of sp³-hybridized carbons (Fsp3) is 0. The van der Waals surface area contributed by atoms with Crippen molar-refractivity contribution in [2.45, 2.75) is 0 Å². The summed E-state index contributed by atoms with van der Waals surface area (Å²) < 4.78 is 12.8. The Labute approximate surface area is 95.1 Å². The summed E-state index contributed by atoms with van der Waals surface area (Å²) in [5.74, 6) is -0.287. The third-order valence-corrected chi connectivity index (χ3v) is 2.54. The largest absolute Gasteiger partial charge is 0.323 e.